The van der Waals surface area contributed by atoms with Crippen molar-refractivity contribution in [2.45, 2.75) is 38.7 Å². The van der Waals surface area contributed by atoms with E-state index in [0.717, 1.165) is 17.7 Å². The summed E-state index contributed by atoms with van der Waals surface area (Å²) < 4.78 is 5.72. The van der Waals surface area contributed by atoms with Crippen LogP contribution in [-0.2, 0) is 11.2 Å². The SMILES string of the molecule is C=CCC(CN(C)C(=O)Cc1cccc(OC(C)C)c1)c1ccccc1. The zero-order chi connectivity index (χ0) is 18.9. The first-order valence-electron chi connectivity index (χ1n) is 9.15. The normalized spacial score (nSPS) is 11.8. The van der Waals surface area contributed by atoms with Crippen molar-refractivity contribution in [3.05, 3.63) is 78.4 Å². The lowest BCUT2D eigenvalue weighted by Gasteiger charge is -2.24. The van der Waals surface area contributed by atoms with E-state index >= 15 is 0 Å². The Morgan fingerprint density at radius 2 is 1.88 bits per heavy atom. The Morgan fingerprint density at radius 1 is 1.15 bits per heavy atom. The molecule has 138 valence electrons. The van der Waals surface area contributed by atoms with Crippen molar-refractivity contribution in [2.24, 2.45) is 0 Å². The highest BCUT2D eigenvalue weighted by atomic mass is 16.5. The van der Waals surface area contributed by atoms with E-state index < -0.39 is 0 Å². The smallest absolute Gasteiger partial charge is 0.226 e. The summed E-state index contributed by atoms with van der Waals surface area (Å²) in [6, 6.07) is 18.1. The van der Waals surface area contributed by atoms with E-state index in [2.05, 4.69) is 18.7 Å². The minimum atomic E-state index is 0.108. The zero-order valence-corrected chi connectivity index (χ0v) is 16.0. The summed E-state index contributed by atoms with van der Waals surface area (Å²) in [6.45, 7) is 8.53. The topological polar surface area (TPSA) is 29.5 Å². The third kappa shape index (κ3) is 6.07. The number of ether oxygens (including phenoxy) is 1. The third-order valence-electron chi connectivity index (χ3n) is 4.27. The number of rotatable bonds is 9. The lowest BCUT2D eigenvalue weighted by atomic mass is 9.95. The van der Waals surface area contributed by atoms with Gasteiger partial charge in [-0.3, -0.25) is 4.79 Å². The number of hydrogen-bond acceptors (Lipinski definition) is 2. The van der Waals surface area contributed by atoms with Crippen LogP contribution in [0.15, 0.2) is 67.3 Å². The summed E-state index contributed by atoms with van der Waals surface area (Å²) in [7, 11) is 1.87. The van der Waals surface area contributed by atoms with Crippen LogP contribution < -0.4 is 4.74 Å². The molecule has 2 aromatic carbocycles. The van der Waals surface area contributed by atoms with Crippen molar-refractivity contribution < 1.29 is 9.53 Å². The summed E-state index contributed by atoms with van der Waals surface area (Å²) in [5, 5.41) is 0. The molecule has 0 fully saturated rings. The quantitative estimate of drug-likeness (QED) is 0.605. The average molecular weight is 351 g/mol. The fraction of sp³-hybridized carbons (Fsp3) is 0.348. The molecule has 0 aliphatic heterocycles. The summed E-state index contributed by atoms with van der Waals surface area (Å²) in [4.78, 5) is 14.5. The van der Waals surface area contributed by atoms with Gasteiger partial charge in [0.15, 0.2) is 0 Å². The van der Waals surface area contributed by atoms with E-state index in [1.807, 2.05) is 74.3 Å². The minimum absolute atomic E-state index is 0.108. The second kappa shape index (κ2) is 9.81. The summed E-state index contributed by atoms with van der Waals surface area (Å²) >= 11 is 0. The molecule has 0 saturated heterocycles. The molecule has 0 aromatic heterocycles. The molecule has 0 saturated carbocycles. The zero-order valence-electron chi connectivity index (χ0n) is 16.0. The van der Waals surface area contributed by atoms with Gasteiger partial charge in [0.2, 0.25) is 5.91 Å². The first-order chi connectivity index (χ1) is 12.5. The van der Waals surface area contributed by atoms with Gasteiger partial charge in [-0.15, -0.1) is 6.58 Å². The van der Waals surface area contributed by atoms with Gasteiger partial charge in [-0.2, -0.15) is 0 Å². The molecule has 2 rings (SSSR count). The molecule has 0 aliphatic carbocycles. The molecule has 0 radical (unpaired) electrons. The molecule has 1 atom stereocenters. The molecule has 2 aromatic rings. The predicted octanol–water partition coefficient (Wildman–Crippen LogP) is 4.83. The first kappa shape index (κ1) is 19.8. The van der Waals surface area contributed by atoms with Gasteiger partial charge in [0.05, 0.1) is 12.5 Å². The van der Waals surface area contributed by atoms with Crippen molar-refractivity contribution in [3.63, 3.8) is 0 Å². The highest BCUT2D eigenvalue weighted by molar-refractivity contribution is 5.78. The summed E-state index contributed by atoms with van der Waals surface area (Å²) in [5.41, 5.74) is 2.21. The Morgan fingerprint density at radius 3 is 2.54 bits per heavy atom. The second-order valence-corrected chi connectivity index (χ2v) is 6.90. The number of amides is 1. The predicted molar refractivity (Wildman–Crippen MR) is 108 cm³/mol. The van der Waals surface area contributed by atoms with Gasteiger partial charge in [-0.1, -0.05) is 48.5 Å². The Bertz CT molecular complexity index is 709. The van der Waals surface area contributed by atoms with E-state index in [1.54, 1.807) is 0 Å². The van der Waals surface area contributed by atoms with Crippen molar-refractivity contribution in [3.8, 4) is 5.75 Å². The van der Waals surface area contributed by atoms with Crippen molar-refractivity contribution in [1.82, 2.24) is 4.90 Å². The van der Waals surface area contributed by atoms with E-state index in [1.165, 1.54) is 5.56 Å². The van der Waals surface area contributed by atoms with Gasteiger partial charge in [0.1, 0.15) is 5.75 Å². The first-order valence-corrected chi connectivity index (χ1v) is 9.15. The second-order valence-electron chi connectivity index (χ2n) is 6.90. The molecule has 3 nitrogen and oxygen atoms in total. The Balaban J connectivity index is 2.01. The molecule has 0 spiro atoms. The van der Waals surface area contributed by atoms with Gasteiger partial charge in [-0.25, -0.2) is 0 Å². The van der Waals surface area contributed by atoms with Crippen LogP contribution in [0, 0.1) is 0 Å². The largest absolute Gasteiger partial charge is 0.491 e. The molecule has 1 amide bonds. The van der Waals surface area contributed by atoms with Crippen molar-refractivity contribution in [2.75, 3.05) is 13.6 Å². The number of carbonyl (C=O) groups is 1. The minimum Gasteiger partial charge on any atom is -0.491 e. The number of nitrogens with zero attached hydrogens (tertiary/aromatic N) is 1. The van der Waals surface area contributed by atoms with Gasteiger partial charge in [0.25, 0.3) is 0 Å². The molecule has 3 heteroatoms. The monoisotopic (exact) mass is 351 g/mol. The van der Waals surface area contributed by atoms with E-state index in [4.69, 9.17) is 4.74 Å². The van der Waals surface area contributed by atoms with E-state index in [9.17, 15) is 4.79 Å². The molecule has 0 bridgehead atoms. The summed E-state index contributed by atoms with van der Waals surface area (Å²) in [5.74, 6) is 1.18. The highest BCUT2D eigenvalue weighted by Crippen LogP contribution is 2.22. The molecular weight excluding hydrogens is 322 g/mol. The maximum absolute atomic E-state index is 12.7. The fourth-order valence-electron chi connectivity index (χ4n) is 2.99. The highest BCUT2D eigenvalue weighted by Gasteiger charge is 2.17. The maximum Gasteiger partial charge on any atom is 0.226 e. The molecule has 1 unspecified atom stereocenters. The van der Waals surface area contributed by atoms with E-state index in [0.29, 0.717) is 13.0 Å². The Kier molecular flexibility index (Phi) is 7.46. The number of carbonyl (C=O) groups excluding carboxylic acids is 1. The Labute approximate surface area is 157 Å². The van der Waals surface area contributed by atoms with Crippen LogP contribution in [0.3, 0.4) is 0 Å². The lowest BCUT2D eigenvalue weighted by Crippen LogP contribution is -2.32. The standard InChI is InChI=1S/C23H29NO2/c1-5-10-21(20-12-7-6-8-13-20)17-24(4)23(25)16-19-11-9-14-22(15-19)26-18(2)3/h5-9,11-15,18,21H,1,10,16-17H2,2-4H3. The lowest BCUT2D eigenvalue weighted by molar-refractivity contribution is -0.129. The Hall–Kier alpha value is -2.55. The van der Waals surface area contributed by atoms with Crippen LogP contribution in [0.2, 0.25) is 0 Å². The van der Waals surface area contributed by atoms with E-state index in [-0.39, 0.29) is 17.9 Å². The average Bonchev–Trinajstić information content (AvgIpc) is 2.61. The summed E-state index contributed by atoms with van der Waals surface area (Å²) in [6.07, 6.45) is 3.26. The van der Waals surface area contributed by atoms with Crippen LogP contribution >= 0.6 is 0 Å². The number of hydrogen-bond donors (Lipinski definition) is 0. The van der Waals surface area contributed by atoms with Crippen LogP contribution in [0.5, 0.6) is 5.75 Å². The van der Waals surface area contributed by atoms with Gasteiger partial charge >= 0.3 is 0 Å². The molecule has 0 heterocycles. The van der Waals surface area contributed by atoms with Crippen LogP contribution in [-0.4, -0.2) is 30.5 Å². The van der Waals surface area contributed by atoms with Gasteiger partial charge in [0, 0.05) is 19.5 Å². The van der Waals surface area contributed by atoms with Gasteiger partial charge < -0.3 is 9.64 Å². The number of likely N-dealkylation sites (N-methyl/N-ethyl adjacent to an activating group) is 1. The molecule has 0 N–H and O–H groups in total. The van der Waals surface area contributed by atoms with Crippen LogP contribution in [0.4, 0.5) is 0 Å². The van der Waals surface area contributed by atoms with Gasteiger partial charge in [-0.05, 0) is 43.5 Å². The maximum atomic E-state index is 12.7. The fourth-order valence-corrected chi connectivity index (χ4v) is 2.99. The van der Waals surface area contributed by atoms with Crippen LogP contribution in [0.25, 0.3) is 0 Å². The van der Waals surface area contributed by atoms with Crippen LogP contribution in [0.1, 0.15) is 37.3 Å². The van der Waals surface area contributed by atoms with Crippen molar-refractivity contribution >= 4 is 5.91 Å². The third-order valence-corrected chi connectivity index (χ3v) is 4.27. The molecule has 26 heavy (non-hydrogen) atoms. The molecule has 0 aliphatic rings. The number of allylic oxidation sites excluding steroid dienone is 1. The number of benzene rings is 2. The van der Waals surface area contributed by atoms with Crippen molar-refractivity contribution in [1.29, 1.82) is 0 Å². The molecular formula is C23H29NO2.